The lowest BCUT2D eigenvalue weighted by Gasteiger charge is -2.11. The van der Waals surface area contributed by atoms with Gasteiger partial charge in [-0.25, -0.2) is 4.98 Å². The maximum absolute atomic E-state index is 12.4. The summed E-state index contributed by atoms with van der Waals surface area (Å²) < 4.78 is 0. The summed E-state index contributed by atoms with van der Waals surface area (Å²) >= 11 is 1.60. The minimum Gasteiger partial charge on any atom is -0.361 e. The lowest BCUT2D eigenvalue weighted by atomic mass is 10.1. The van der Waals surface area contributed by atoms with Crippen LogP contribution in [0.2, 0.25) is 0 Å². The summed E-state index contributed by atoms with van der Waals surface area (Å²) in [5.41, 5.74) is 1.53. The second-order valence-corrected chi connectivity index (χ2v) is 6.02. The van der Waals surface area contributed by atoms with E-state index in [0.717, 1.165) is 20.8 Å². The van der Waals surface area contributed by atoms with E-state index in [9.17, 15) is 4.79 Å². The zero-order chi connectivity index (χ0) is 14.1. The van der Waals surface area contributed by atoms with Gasteiger partial charge in [0.2, 0.25) is 0 Å². The average molecular weight is 285 g/mol. The minimum absolute atomic E-state index is 0.0848. The predicted molar refractivity (Wildman–Crippen MR) is 81.0 cm³/mol. The zero-order valence-electron chi connectivity index (χ0n) is 11.3. The van der Waals surface area contributed by atoms with Gasteiger partial charge in [-0.1, -0.05) is 12.1 Å². The number of hydrogen-bond donors (Lipinski definition) is 2. The van der Waals surface area contributed by atoms with Crippen molar-refractivity contribution < 1.29 is 4.79 Å². The maximum atomic E-state index is 12.4. The number of aromatic nitrogens is 2. The van der Waals surface area contributed by atoms with Gasteiger partial charge in [-0.2, -0.15) is 0 Å². The van der Waals surface area contributed by atoms with Crippen LogP contribution in [0.1, 0.15) is 33.2 Å². The third kappa shape index (κ3) is 2.32. The van der Waals surface area contributed by atoms with Crippen LogP contribution in [-0.4, -0.2) is 15.9 Å². The summed E-state index contributed by atoms with van der Waals surface area (Å²) in [6, 6.07) is 7.57. The smallest absolute Gasteiger partial charge is 0.253 e. The monoisotopic (exact) mass is 285 g/mol. The number of rotatable bonds is 3. The number of thiazole rings is 1. The molecule has 2 aromatic heterocycles. The van der Waals surface area contributed by atoms with Gasteiger partial charge in [0.15, 0.2) is 0 Å². The average Bonchev–Trinajstić information content (AvgIpc) is 3.06. The van der Waals surface area contributed by atoms with Crippen molar-refractivity contribution >= 4 is 28.1 Å². The molecule has 5 heteroatoms. The van der Waals surface area contributed by atoms with Crippen LogP contribution in [0.3, 0.4) is 0 Å². The van der Waals surface area contributed by atoms with E-state index in [0.29, 0.717) is 5.56 Å². The molecule has 0 saturated heterocycles. The highest BCUT2D eigenvalue weighted by Crippen LogP contribution is 2.21. The summed E-state index contributed by atoms with van der Waals surface area (Å²) in [6.07, 6.45) is 3.67. The van der Waals surface area contributed by atoms with Crippen molar-refractivity contribution in [1.82, 2.24) is 15.3 Å². The van der Waals surface area contributed by atoms with Crippen LogP contribution < -0.4 is 5.32 Å². The molecule has 102 valence electrons. The van der Waals surface area contributed by atoms with Crippen LogP contribution in [0.15, 0.2) is 36.7 Å². The van der Waals surface area contributed by atoms with Crippen molar-refractivity contribution in [2.24, 2.45) is 0 Å². The Morgan fingerprint density at radius 1 is 1.40 bits per heavy atom. The molecule has 1 aromatic carbocycles. The molecular formula is C15H15N3OS. The fourth-order valence-corrected chi connectivity index (χ4v) is 2.96. The molecule has 0 saturated carbocycles. The third-order valence-corrected chi connectivity index (χ3v) is 4.28. The Morgan fingerprint density at radius 3 is 3.00 bits per heavy atom. The molecule has 1 amide bonds. The van der Waals surface area contributed by atoms with Gasteiger partial charge in [0.25, 0.3) is 5.91 Å². The van der Waals surface area contributed by atoms with E-state index in [2.05, 4.69) is 15.3 Å². The molecule has 3 aromatic rings. The fourth-order valence-electron chi connectivity index (χ4n) is 2.18. The van der Waals surface area contributed by atoms with Crippen molar-refractivity contribution in [2.45, 2.75) is 19.9 Å². The largest absolute Gasteiger partial charge is 0.361 e. The van der Waals surface area contributed by atoms with Crippen LogP contribution in [-0.2, 0) is 0 Å². The quantitative estimate of drug-likeness (QED) is 0.774. The van der Waals surface area contributed by atoms with Crippen LogP contribution in [0, 0.1) is 6.92 Å². The minimum atomic E-state index is -0.0913. The number of nitrogens with zero attached hydrogens (tertiary/aromatic N) is 1. The molecule has 0 bridgehead atoms. The van der Waals surface area contributed by atoms with E-state index in [1.165, 1.54) is 0 Å². The first kappa shape index (κ1) is 12.9. The van der Waals surface area contributed by atoms with Gasteiger partial charge >= 0.3 is 0 Å². The Kier molecular flexibility index (Phi) is 3.28. The van der Waals surface area contributed by atoms with Crippen molar-refractivity contribution in [3.8, 4) is 0 Å². The number of carbonyl (C=O) groups excluding carboxylic acids is 1. The van der Waals surface area contributed by atoms with E-state index in [4.69, 9.17) is 0 Å². The Morgan fingerprint density at radius 2 is 2.25 bits per heavy atom. The number of aryl methyl sites for hydroxylation is 1. The summed E-state index contributed by atoms with van der Waals surface area (Å²) in [4.78, 5) is 21.0. The van der Waals surface area contributed by atoms with Gasteiger partial charge in [0.1, 0.15) is 5.01 Å². The molecule has 0 radical (unpaired) electrons. The van der Waals surface area contributed by atoms with Crippen LogP contribution >= 0.6 is 11.3 Å². The molecule has 0 aliphatic heterocycles. The number of fused-ring (bicyclic) bond motifs is 1. The molecule has 20 heavy (non-hydrogen) atoms. The lowest BCUT2D eigenvalue weighted by Crippen LogP contribution is -2.26. The van der Waals surface area contributed by atoms with Gasteiger partial charge < -0.3 is 10.3 Å². The van der Waals surface area contributed by atoms with Crippen molar-refractivity contribution in [2.75, 3.05) is 0 Å². The molecule has 0 spiro atoms. The normalized spacial score (nSPS) is 12.5. The van der Waals surface area contributed by atoms with Crippen LogP contribution in [0.4, 0.5) is 0 Å². The van der Waals surface area contributed by atoms with Gasteiger partial charge in [0.05, 0.1) is 17.1 Å². The Bertz CT molecular complexity index is 759. The third-order valence-electron chi connectivity index (χ3n) is 3.19. The lowest BCUT2D eigenvalue weighted by molar-refractivity contribution is 0.0941. The molecule has 4 nitrogen and oxygen atoms in total. The van der Waals surface area contributed by atoms with Crippen LogP contribution in [0.5, 0.6) is 0 Å². The fraction of sp³-hybridized carbons (Fsp3) is 0.200. The van der Waals surface area contributed by atoms with E-state index >= 15 is 0 Å². The molecule has 2 heterocycles. The molecular weight excluding hydrogens is 270 g/mol. The highest BCUT2D eigenvalue weighted by Gasteiger charge is 2.16. The number of carbonyl (C=O) groups is 1. The summed E-state index contributed by atoms with van der Waals surface area (Å²) in [7, 11) is 0. The summed E-state index contributed by atoms with van der Waals surface area (Å²) in [5, 5.41) is 4.96. The first-order valence-corrected chi connectivity index (χ1v) is 7.26. The Labute approximate surface area is 120 Å². The van der Waals surface area contributed by atoms with E-state index in [1.54, 1.807) is 11.3 Å². The summed E-state index contributed by atoms with van der Waals surface area (Å²) in [5.74, 6) is -0.0848. The highest BCUT2D eigenvalue weighted by atomic mass is 32.1. The predicted octanol–water partition coefficient (Wildman–Crippen LogP) is 3.42. The maximum Gasteiger partial charge on any atom is 0.253 e. The number of amides is 1. The van der Waals surface area contributed by atoms with Gasteiger partial charge in [-0.3, -0.25) is 4.79 Å². The van der Waals surface area contributed by atoms with Crippen LogP contribution in [0.25, 0.3) is 10.9 Å². The van der Waals surface area contributed by atoms with E-state index in [-0.39, 0.29) is 11.9 Å². The van der Waals surface area contributed by atoms with E-state index in [1.807, 2.05) is 50.5 Å². The molecule has 0 fully saturated rings. The van der Waals surface area contributed by atoms with Gasteiger partial charge in [-0.15, -0.1) is 11.3 Å². The topological polar surface area (TPSA) is 57.8 Å². The SMILES string of the molecule is Cc1cnc(C(C)NC(=O)c2cccc3cc[nH]c23)s1. The Balaban J connectivity index is 1.84. The second kappa shape index (κ2) is 5.09. The molecule has 1 atom stereocenters. The molecule has 1 unspecified atom stereocenters. The number of benzene rings is 1. The van der Waals surface area contributed by atoms with Crippen molar-refractivity contribution in [3.05, 3.63) is 52.1 Å². The van der Waals surface area contributed by atoms with Gasteiger partial charge in [-0.05, 0) is 26.0 Å². The number of nitrogens with one attached hydrogen (secondary N) is 2. The standard InChI is InChI=1S/C15H15N3OS/c1-9-8-17-15(20-9)10(2)18-14(19)12-5-3-4-11-6-7-16-13(11)12/h3-8,10,16H,1-2H3,(H,18,19). The number of H-pyrrole nitrogens is 1. The summed E-state index contributed by atoms with van der Waals surface area (Å²) in [6.45, 7) is 3.96. The van der Waals surface area contributed by atoms with Crippen molar-refractivity contribution in [1.29, 1.82) is 0 Å². The van der Waals surface area contributed by atoms with Gasteiger partial charge in [0, 0.05) is 22.7 Å². The number of para-hydroxylation sites is 1. The molecule has 3 rings (SSSR count). The zero-order valence-corrected chi connectivity index (χ0v) is 12.1. The van der Waals surface area contributed by atoms with E-state index < -0.39 is 0 Å². The molecule has 0 aliphatic rings. The van der Waals surface area contributed by atoms with Crippen molar-refractivity contribution in [3.63, 3.8) is 0 Å². The molecule has 0 aliphatic carbocycles. The Hall–Kier alpha value is -2.14. The first-order chi connectivity index (χ1) is 9.65. The second-order valence-electron chi connectivity index (χ2n) is 4.75. The number of hydrogen-bond acceptors (Lipinski definition) is 3. The number of aromatic amines is 1. The molecule has 2 N–H and O–H groups in total. The first-order valence-electron chi connectivity index (χ1n) is 6.44. The highest BCUT2D eigenvalue weighted by molar-refractivity contribution is 7.11.